The Kier molecular flexibility index (Phi) is 5.09. The molecule has 2 aromatic carbocycles. The van der Waals surface area contributed by atoms with Gasteiger partial charge in [-0.25, -0.2) is 4.39 Å². The number of nitrogens with zero attached hydrogens (tertiary/aromatic N) is 2. The van der Waals surface area contributed by atoms with E-state index in [1.54, 1.807) is 0 Å². The van der Waals surface area contributed by atoms with E-state index in [4.69, 9.17) is 16.1 Å². The zero-order valence-corrected chi connectivity index (χ0v) is 14.2. The summed E-state index contributed by atoms with van der Waals surface area (Å²) in [7, 11) is 0. The number of amides is 1. The van der Waals surface area contributed by atoms with Gasteiger partial charge in [0.15, 0.2) is 0 Å². The van der Waals surface area contributed by atoms with Crippen LogP contribution < -0.4 is 5.32 Å². The second kappa shape index (κ2) is 7.44. The highest BCUT2D eigenvalue weighted by Crippen LogP contribution is 2.19. The summed E-state index contributed by atoms with van der Waals surface area (Å²) in [5.41, 5.74) is 1.82. The summed E-state index contributed by atoms with van der Waals surface area (Å²) in [6, 6.07) is 11.8. The summed E-state index contributed by atoms with van der Waals surface area (Å²) in [6.07, 6.45) is 0.330. The highest BCUT2D eigenvalue weighted by molar-refractivity contribution is 6.33. The molecule has 1 N–H and O–H groups in total. The lowest BCUT2D eigenvalue weighted by atomic mass is 10.1. The number of carbonyl (C=O) groups is 1. The van der Waals surface area contributed by atoms with Gasteiger partial charge < -0.3 is 9.84 Å². The maximum Gasteiger partial charge on any atom is 0.255 e. The first-order chi connectivity index (χ1) is 12.0. The monoisotopic (exact) mass is 359 g/mol. The number of aromatic nitrogens is 2. The molecule has 0 fully saturated rings. The molecule has 0 bridgehead atoms. The highest BCUT2D eigenvalue weighted by atomic mass is 35.5. The van der Waals surface area contributed by atoms with Crippen molar-refractivity contribution in [2.24, 2.45) is 0 Å². The molecule has 0 aliphatic rings. The first kappa shape index (κ1) is 17.1. The lowest BCUT2D eigenvalue weighted by Crippen LogP contribution is -2.27. The van der Waals surface area contributed by atoms with Crippen molar-refractivity contribution in [1.29, 1.82) is 0 Å². The van der Waals surface area contributed by atoms with Crippen LogP contribution in [0, 0.1) is 12.7 Å². The number of halogens is 2. The van der Waals surface area contributed by atoms with Gasteiger partial charge >= 0.3 is 0 Å². The summed E-state index contributed by atoms with van der Waals surface area (Å²) in [4.78, 5) is 16.3. The Labute approximate surface area is 148 Å². The van der Waals surface area contributed by atoms with Crippen LogP contribution in [0.3, 0.4) is 0 Å². The number of carbonyl (C=O) groups excluding carboxylic acids is 1. The van der Waals surface area contributed by atoms with Crippen molar-refractivity contribution < 1.29 is 13.7 Å². The number of aryl methyl sites for hydroxylation is 1. The summed E-state index contributed by atoms with van der Waals surface area (Å²) in [5.74, 6) is -0.375. The van der Waals surface area contributed by atoms with E-state index in [0.29, 0.717) is 18.1 Å². The normalized spacial score (nSPS) is 10.7. The minimum Gasteiger partial charge on any atom is -0.351 e. The van der Waals surface area contributed by atoms with Crippen LogP contribution in [0.25, 0.3) is 11.4 Å². The molecule has 1 heterocycles. The Bertz CT molecular complexity index is 873. The molecular weight excluding hydrogens is 345 g/mol. The number of hydrogen-bond donors (Lipinski definition) is 1. The summed E-state index contributed by atoms with van der Waals surface area (Å²) < 4.78 is 18.9. The van der Waals surface area contributed by atoms with E-state index in [-0.39, 0.29) is 17.1 Å². The second-order valence-electron chi connectivity index (χ2n) is 5.48. The van der Waals surface area contributed by atoms with Crippen LogP contribution in [0.15, 0.2) is 47.0 Å². The van der Waals surface area contributed by atoms with Gasteiger partial charge in [-0.1, -0.05) is 52.7 Å². The van der Waals surface area contributed by atoms with Crippen LogP contribution in [-0.4, -0.2) is 22.6 Å². The maximum absolute atomic E-state index is 13.7. The predicted molar refractivity (Wildman–Crippen MR) is 91.9 cm³/mol. The van der Waals surface area contributed by atoms with Crippen LogP contribution in [0.1, 0.15) is 21.8 Å². The number of rotatable bonds is 5. The molecule has 0 radical (unpaired) electrons. The molecule has 25 heavy (non-hydrogen) atoms. The third-order valence-corrected chi connectivity index (χ3v) is 3.91. The zero-order valence-electron chi connectivity index (χ0n) is 13.4. The standard InChI is InChI=1S/C18H15ClFN3O2/c1-11-5-7-12(8-6-11)17-22-15(25-23-17)9-10-21-18(24)16-13(19)3-2-4-14(16)20/h2-8H,9-10H2,1H3,(H,21,24). The molecule has 0 saturated heterocycles. The Morgan fingerprint density at radius 2 is 2.00 bits per heavy atom. The molecule has 0 aliphatic heterocycles. The fraction of sp³-hybridized carbons (Fsp3) is 0.167. The van der Waals surface area contributed by atoms with E-state index < -0.39 is 11.7 Å². The van der Waals surface area contributed by atoms with Crippen molar-refractivity contribution in [3.05, 3.63) is 70.3 Å². The topological polar surface area (TPSA) is 68.0 Å². The van der Waals surface area contributed by atoms with Gasteiger partial charge in [0.2, 0.25) is 11.7 Å². The quantitative estimate of drug-likeness (QED) is 0.752. The van der Waals surface area contributed by atoms with E-state index >= 15 is 0 Å². The van der Waals surface area contributed by atoms with Gasteiger partial charge in [-0.15, -0.1) is 0 Å². The predicted octanol–water partition coefficient (Wildman–Crippen LogP) is 3.81. The molecule has 3 rings (SSSR count). The summed E-state index contributed by atoms with van der Waals surface area (Å²) >= 11 is 5.86. The van der Waals surface area contributed by atoms with Gasteiger partial charge in [0.25, 0.3) is 5.91 Å². The first-order valence-corrected chi connectivity index (χ1v) is 8.04. The molecule has 5 nitrogen and oxygen atoms in total. The minimum atomic E-state index is -0.663. The molecule has 1 aromatic heterocycles. The van der Waals surface area contributed by atoms with Crippen LogP contribution in [-0.2, 0) is 6.42 Å². The smallest absolute Gasteiger partial charge is 0.255 e. The van der Waals surface area contributed by atoms with Crippen molar-refractivity contribution >= 4 is 17.5 Å². The molecular formula is C18H15ClFN3O2. The average molecular weight is 360 g/mol. The SMILES string of the molecule is Cc1ccc(-c2noc(CCNC(=O)c3c(F)cccc3Cl)n2)cc1. The number of hydrogen-bond acceptors (Lipinski definition) is 4. The summed E-state index contributed by atoms with van der Waals surface area (Å²) in [6.45, 7) is 2.22. The molecule has 0 saturated carbocycles. The van der Waals surface area contributed by atoms with E-state index in [0.717, 1.165) is 11.1 Å². The fourth-order valence-corrected chi connectivity index (χ4v) is 2.51. The average Bonchev–Trinajstić information content (AvgIpc) is 3.04. The van der Waals surface area contributed by atoms with Gasteiger partial charge in [-0.2, -0.15) is 4.98 Å². The van der Waals surface area contributed by atoms with E-state index in [1.165, 1.54) is 18.2 Å². The summed E-state index contributed by atoms with van der Waals surface area (Å²) in [5, 5.41) is 6.58. The first-order valence-electron chi connectivity index (χ1n) is 7.66. The molecule has 3 aromatic rings. The lowest BCUT2D eigenvalue weighted by molar-refractivity contribution is 0.0949. The van der Waals surface area contributed by atoms with Crippen molar-refractivity contribution in [3.8, 4) is 11.4 Å². The van der Waals surface area contributed by atoms with Crippen LogP contribution in [0.2, 0.25) is 5.02 Å². The highest BCUT2D eigenvalue weighted by Gasteiger charge is 2.16. The van der Waals surface area contributed by atoms with Gasteiger partial charge in [0.05, 0.1) is 10.6 Å². The third-order valence-electron chi connectivity index (χ3n) is 3.59. The van der Waals surface area contributed by atoms with Gasteiger partial charge in [0, 0.05) is 18.5 Å². The van der Waals surface area contributed by atoms with Crippen LogP contribution >= 0.6 is 11.6 Å². The van der Waals surface area contributed by atoms with E-state index in [9.17, 15) is 9.18 Å². The van der Waals surface area contributed by atoms with Crippen LogP contribution in [0.5, 0.6) is 0 Å². The molecule has 1 amide bonds. The Morgan fingerprint density at radius 3 is 2.72 bits per heavy atom. The zero-order chi connectivity index (χ0) is 17.8. The maximum atomic E-state index is 13.7. The Balaban J connectivity index is 1.59. The van der Waals surface area contributed by atoms with Gasteiger partial charge in [0.1, 0.15) is 5.82 Å². The molecule has 128 valence electrons. The lowest BCUT2D eigenvalue weighted by Gasteiger charge is -2.06. The van der Waals surface area contributed by atoms with Gasteiger partial charge in [-0.3, -0.25) is 4.79 Å². The van der Waals surface area contributed by atoms with E-state index in [1.807, 2.05) is 31.2 Å². The number of benzene rings is 2. The molecule has 0 atom stereocenters. The largest absolute Gasteiger partial charge is 0.351 e. The van der Waals surface area contributed by atoms with Crippen molar-refractivity contribution in [1.82, 2.24) is 15.5 Å². The van der Waals surface area contributed by atoms with E-state index in [2.05, 4.69) is 15.5 Å². The molecule has 0 aliphatic carbocycles. The third kappa shape index (κ3) is 4.03. The molecule has 0 spiro atoms. The minimum absolute atomic E-state index is 0.0666. The van der Waals surface area contributed by atoms with Crippen molar-refractivity contribution in [2.45, 2.75) is 13.3 Å². The van der Waals surface area contributed by atoms with Crippen molar-refractivity contribution in [3.63, 3.8) is 0 Å². The Hall–Kier alpha value is -2.73. The molecule has 0 unspecified atom stereocenters. The second-order valence-corrected chi connectivity index (χ2v) is 5.89. The number of nitrogens with one attached hydrogen (secondary N) is 1. The molecule has 7 heteroatoms. The Morgan fingerprint density at radius 1 is 1.24 bits per heavy atom. The fourth-order valence-electron chi connectivity index (χ4n) is 2.26. The van der Waals surface area contributed by atoms with Gasteiger partial charge in [-0.05, 0) is 19.1 Å². The van der Waals surface area contributed by atoms with Crippen LogP contribution in [0.4, 0.5) is 4.39 Å². The van der Waals surface area contributed by atoms with Crippen molar-refractivity contribution in [2.75, 3.05) is 6.54 Å².